The second-order valence-electron chi connectivity index (χ2n) is 2.80. The first-order valence-electron chi connectivity index (χ1n) is 3.94. The summed E-state index contributed by atoms with van der Waals surface area (Å²) in [6.45, 7) is 4.65. The third-order valence-corrected chi connectivity index (χ3v) is 1.98. The number of halogens is 1. The lowest BCUT2D eigenvalue weighted by Crippen LogP contribution is -2.54. The molecule has 4 nitrogen and oxygen atoms in total. The van der Waals surface area contributed by atoms with Crippen molar-refractivity contribution < 1.29 is 4.79 Å². The number of carbonyl (C=O) groups excluding carboxylic acids is 1. The van der Waals surface area contributed by atoms with Crippen molar-refractivity contribution in [2.75, 3.05) is 26.7 Å². The summed E-state index contributed by atoms with van der Waals surface area (Å²) in [6.07, 6.45) is 0. The maximum atomic E-state index is 11.2. The van der Waals surface area contributed by atoms with Crippen LogP contribution in [-0.2, 0) is 0 Å². The standard InChI is InChI=1S/C7H15N3O.ClH/c1-6-5-9-3-4-10(6)7(11)8-2;/h6,9H,3-5H2,1-2H3,(H,8,11);1H. The van der Waals surface area contributed by atoms with Crippen LogP contribution < -0.4 is 10.6 Å². The molecule has 1 aliphatic rings. The van der Waals surface area contributed by atoms with Gasteiger partial charge in [-0.05, 0) is 6.92 Å². The van der Waals surface area contributed by atoms with Crippen LogP contribution in [0.15, 0.2) is 0 Å². The first kappa shape index (κ1) is 11.5. The van der Waals surface area contributed by atoms with Gasteiger partial charge in [-0.1, -0.05) is 0 Å². The summed E-state index contributed by atoms with van der Waals surface area (Å²) in [5.74, 6) is 0. The predicted molar refractivity (Wildman–Crippen MR) is 50.7 cm³/mol. The van der Waals surface area contributed by atoms with Crippen LogP contribution in [0, 0.1) is 0 Å². The Labute approximate surface area is 79.1 Å². The number of amides is 2. The molecule has 0 radical (unpaired) electrons. The summed E-state index contributed by atoms with van der Waals surface area (Å²) in [5, 5.41) is 5.85. The molecule has 1 saturated heterocycles. The van der Waals surface area contributed by atoms with Crippen LogP contribution in [0.1, 0.15) is 6.92 Å². The van der Waals surface area contributed by atoms with Gasteiger partial charge in [0.15, 0.2) is 0 Å². The molecule has 1 heterocycles. The summed E-state index contributed by atoms with van der Waals surface area (Å²) in [6, 6.07) is 0.336. The molecule has 0 aromatic carbocycles. The van der Waals surface area contributed by atoms with E-state index >= 15 is 0 Å². The summed E-state index contributed by atoms with van der Waals surface area (Å²) in [7, 11) is 1.66. The van der Waals surface area contributed by atoms with Crippen LogP contribution in [0.3, 0.4) is 0 Å². The number of hydrogen-bond donors (Lipinski definition) is 2. The van der Waals surface area contributed by atoms with Gasteiger partial charge in [-0.2, -0.15) is 0 Å². The molecule has 72 valence electrons. The summed E-state index contributed by atoms with van der Waals surface area (Å²) in [4.78, 5) is 13.0. The number of hydrogen-bond acceptors (Lipinski definition) is 2. The number of carbonyl (C=O) groups is 1. The summed E-state index contributed by atoms with van der Waals surface area (Å²) >= 11 is 0. The molecule has 1 atom stereocenters. The van der Waals surface area contributed by atoms with Crippen LogP contribution in [0.2, 0.25) is 0 Å². The maximum absolute atomic E-state index is 11.2. The lowest BCUT2D eigenvalue weighted by Gasteiger charge is -2.33. The molecule has 0 aliphatic carbocycles. The van der Waals surface area contributed by atoms with E-state index in [1.165, 1.54) is 0 Å². The second-order valence-corrected chi connectivity index (χ2v) is 2.80. The van der Waals surface area contributed by atoms with Crippen molar-refractivity contribution in [2.45, 2.75) is 13.0 Å². The molecule has 1 unspecified atom stereocenters. The van der Waals surface area contributed by atoms with Crippen LogP contribution in [0.5, 0.6) is 0 Å². The normalized spacial score (nSPS) is 22.8. The molecule has 5 heteroatoms. The molecule has 0 spiro atoms. The van der Waals surface area contributed by atoms with E-state index in [1.54, 1.807) is 7.05 Å². The van der Waals surface area contributed by atoms with Gasteiger partial charge >= 0.3 is 6.03 Å². The molecule has 2 N–H and O–H groups in total. The molecule has 1 rings (SSSR count). The number of nitrogens with zero attached hydrogens (tertiary/aromatic N) is 1. The van der Waals surface area contributed by atoms with Gasteiger partial charge in [-0.15, -0.1) is 12.4 Å². The number of piperazine rings is 1. The van der Waals surface area contributed by atoms with Gasteiger partial charge < -0.3 is 15.5 Å². The van der Waals surface area contributed by atoms with E-state index in [1.807, 2.05) is 11.8 Å². The minimum atomic E-state index is 0. The Hall–Kier alpha value is -0.480. The number of urea groups is 1. The average Bonchev–Trinajstić information content (AvgIpc) is 2.04. The highest BCUT2D eigenvalue weighted by Crippen LogP contribution is 2.01. The van der Waals surface area contributed by atoms with E-state index in [0.29, 0.717) is 6.04 Å². The monoisotopic (exact) mass is 193 g/mol. The van der Waals surface area contributed by atoms with E-state index in [9.17, 15) is 4.79 Å². The first-order valence-corrected chi connectivity index (χ1v) is 3.94. The highest BCUT2D eigenvalue weighted by atomic mass is 35.5. The zero-order chi connectivity index (χ0) is 8.27. The van der Waals surface area contributed by atoms with Gasteiger partial charge in [0, 0.05) is 32.7 Å². The average molecular weight is 194 g/mol. The van der Waals surface area contributed by atoms with Crippen molar-refractivity contribution in [1.82, 2.24) is 15.5 Å². The van der Waals surface area contributed by atoms with Gasteiger partial charge in [0.1, 0.15) is 0 Å². The zero-order valence-corrected chi connectivity index (χ0v) is 8.28. The Balaban J connectivity index is 0.00000121. The van der Waals surface area contributed by atoms with E-state index in [-0.39, 0.29) is 18.4 Å². The Morgan fingerprint density at radius 3 is 2.83 bits per heavy atom. The fourth-order valence-electron chi connectivity index (χ4n) is 1.29. The highest BCUT2D eigenvalue weighted by molar-refractivity contribution is 5.85. The maximum Gasteiger partial charge on any atom is 0.317 e. The predicted octanol–water partition coefficient (Wildman–Crippen LogP) is 0.0413. The summed E-state index contributed by atoms with van der Waals surface area (Å²) < 4.78 is 0. The van der Waals surface area contributed by atoms with Gasteiger partial charge in [0.25, 0.3) is 0 Å². The van der Waals surface area contributed by atoms with E-state index in [4.69, 9.17) is 0 Å². The van der Waals surface area contributed by atoms with Crippen LogP contribution in [0.25, 0.3) is 0 Å². The molecular formula is C7H16ClN3O. The molecule has 2 amide bonds. The van der Waals surface area contributed by atoms with Crippen LogP contribution >= 0.6 is 12.4 Å². The van der Waals surface area contributed by atoms with E-state index in [2.05, 4.69) is 10.6 Å². The fraction of sp³-hybridized carbons (Fsp3) is 0.857. The van der Waals surface area contributed by atoms with Crippen molar-refractivity contribution in [1.29, 1.82) is 0 Å². The van der Waals surface area contributed by atoms with Crippen LogP contribution in [-0.4, -0.2) is 43.7 Å². The summed E-state index contributed by atoms with van der Waals surface area (Å²) in [5.41, 5.74) is 0. The highest BCUT2D eigenvalue weighted by Gasteiger charge is 2.21. The minimum absolute atomic E-state index is 0. The third kappa shape index (κ3) is 2.53. The smallest absolute Gasteiger partial charge is 0.317 e. The van der Waals surface area contributed by atoms with Gasteiger partial charge in [0.2, 0.25) is 0 Å². The van der Waals surface area contributed by atoms with Gasteiger partial charge in [-0.3, -0.25) is 0 Å². The minimum Gasteiger partial charge on any atom is -0.341 e. The molecule has 1 fully saturated rings. The first-order chi connectivity index (χ1) is 5.25. The SMILES string of the molecule is CNC(=O)N1CCNCC1C.Cl. The molecule has 0 aromatic rings. The topological polar surface area (TPSA) is 44.4 Å². The lowest BCUT2D eigenvalue weighted by atomic mass is 10.2. The molecular weight excluding hydrogens is 178 g/mol. The van der Waals surface area contributed by atoms with E-state index in [0.717, 1.165) is 19.6 Å². The van der Waals surface area contributed by atoms with Gasteiger partial charge in [-0.25, -0.2) is 4.79 Å². The van der Waals surface area contributed by atoms with Crippen molar-refractivity contribution in [3.63, 3.8) is 0 Å². The van der Waals surface area contributed by atoms with Crippen molar-refractivity contribution in [2.24, 2.45) is 0 Å². The van der Waals surface area contributed by atoms with Crippen molar-refractivity contribution in [3.05, 3.63) is 0 Å². The fourth-order valence-corrected chi connectivity index (χ4v) is 1.29. The lowest BCUT2D eigenvalue weighted by molar-refractivity contribution is 0.166. The zero-order valence-electron chi connectivity index (χ0n) is 7.46. The molecule has 0 bridgehead atoms. The number of rotatable bonds is 0. The quantitative estimate of drug-likeness (QED) is 0.571. The Bertz CT molecular complexity index is 154. The third-order valence-electron chi connectivity index (χ3n) is 1.98. The largest absolute Gasteiger partial charge is 0.341 e. The second kappa shape index (κ2) is 5.22. The van der Waals surface area contributed by atoms with Crippen molar-refractivity contribution >= 4 is 18.4 Å². The Morgan fingerprint density at radius 2 is 2.33 bits per heavy atom. The number of nitrogens with one attached hydrogen (secondary N) is 2. The van der Waals surface area contributed by atoms with E-state index < -0.39 is 0 Å². The molecule has 0 aromatic heterocycles. The Morgan fingerprint density at radius 1 is 1.67 bits per heavy atom. The van der Waals surface area contributed by atoms with Crippen molar-refractivity contribution in [3.8, 4) is 0 Å². The molecule has 12 heavy (non-hydrogen) atoms. The molecule has 0 saturated carbocycles. The van der Waals surface area contributed by atoms with Gasteiger partial charge in [0.05, 0.1) is 0 Å². The Kier molecular flexibility index (Phi) is 5.01. The molecule has 1 aliphatic heterocycles. The van der Waals surface area contributed by atoms with Crippen LogP contribution in [0.4, 0.5) is 4.79 Å².